The highest BCUT2D eigenvalue weighted by molar-refractivity contribution is 6.31. The third-order valence-electron chi connectivity index (χ3n) is 3.62. The Morgan fingerprint density at radius 3 is 2.65 bits per heavy atom. The standard InChI is InChI=1S/C16H25ClN2O/c1-5-7-10-19(12(3)6-2)16(20)14-11-13(17)8-9-15(14)18-4/h8-9,11-12,18H,5-7,10H2,1-4H3. The van der Waals surface area contributed by atoms with Crippen molar-refractivity contribution in [3.8, 4) is 0 Å². The maximum Gasteiger partial charge on any atom is 0.256 e. The summed E-state index contributed by atoms with van der Waals surface area (Å²) >= 11 is 6.04. The van der Waals surface area contributed by atoms with Crippen molar-refractivity contribution in [3.05, 3.63) is 28.8 Å². The second-order valence-corrected chi connectivity index (χ2v) is 5.49. The molecule has 0 saturated carbocycles. The van der Waals surface area contributed by atoms with E-state index in [1.54, 1.807) is 12.1 Å². The quantitative estimate of drug-likeness (QED) is 0.807. The number of benzene rings is 1. The maximum atomic E-state index is 12.8. The lowest BCUT2D eigenvalue weighted by Gasteiger charge is -2.29. The summed E-state index contributed by atoms with van der Waals surface area (Å²) in [7, 11) is 1.82. The van der Waals surface area contributed by atoms with Crippen molar-refractivity contribution in [2.24, 2.45) is 0 Å². The molecule has 0 saturated heterocycles. The number of amides is 1. The zero-order valence-corrected chi connectivity index (χ0v) is 13.6. The Morgan fingerprint density at radius 2 is 2.10 bits per heavy atom. The molecule has 4 heteroatoms. The van der Waals surface area contributed by atoms with Crippen LogP contribution in [0.25, 0.3) is 0 Å². The SMILES string of the molecule is CCCCN(C(=O)c1cc(Cl)ccc1NC)C(C)CC. The lowest BCUT2D eigenvalue weighted by molar-refractivity contribution is 0.0686. The lowest BCUT2D eigenvalue weighted by atomic mass is 10.1. The van der Waals surface area contributed by atoms with Gasteiger partial charge in [0, 0.05) is 30.3 Å². The van der Waals surface area contributed by atoms with Gasteiger partial charge < -0.3 is 10.2 Å². The first-order valence-corrected chi connectivity index (χ1v) is 7.71. The summed E-state index contributed by atoms with van der Waals surface area (Å²) in [5.41, 5.74) is 1.47. The summed E-state index contributed by atoms with van der Waals surface area (Å²) in [5.74, 6) is 0.0552. The predicted octanol–water partition coefficient (Wildman–Crippen LogP) is 4.42. The molecule has 1 N–H and O–H groups in total. The van der Waals surface area contributed by atoms with Crippen LogP contribution in [0.5, 0.6) is 0 Å². The van der Waals surface area contributed by atoms with Crippen molar-refractivity contribution < 1.29 is 4.79 Å². The van der Waals surface area contributed by atoms with Gasteiger partial charge in [-0.05, 0) is 38.0 Å². The van der Waals surface area contributed by atoms with Crippen LogP contribution in [0.1, 0.15) is 50.4 Å². The van der Waals surface area contributed by atoms with Gasteiger partial charge in [0.2, 0.25) is 0 Å². The van der Waals surface area contributed by atoms with Crippen LogP contribution in [0, 0.1) is 0 Å². The van der Waals surface area contributed by atoms with Crippen LogP contribution in [0.2, 0.25) is 5.02 Å². The molecule has 0 aliphatic carbocycles. The van der Waals surface area contributed by atoms with E-state index in [0.29, 0.717) is 10.6 Å². The highest BCUT2D eigenvalue weighted by atomic mass is 35.5. The van der Waals surface area contributed by atoms with Crippen LogP contribution in [0.4, 0.5) is 5.69 Å². The summed E-state index contributed by atoms with van der Waals surface area (Å²) in [6.45, 7) is 7.13. The molecule has 0 spiro atoms. The topological polar surface area (TPSA) is 32.3 Å². The molecular weight excluding hydrogens is 272 g/mol. The van der Waals surface area contributed by atoms with E-state index >= 15 is 0 Å². The van der Waals surface area contributed by atoms with Crippen molar-refractivity contribution in [2.45, 2.75) is 46.1 Å². The molecule has 1 aromatic carbocycles. The molecule has 1 amide bonds. The number of hydrogen-bond donors (Lipinski definition) is 1. The number of nitrogens with zero attached hydrogens (tertiary/aromatic N) is 1. The summed E-state index contributed by atoms with van der Waals surface area (Å²) < 4.78 is 0. The van der Waals surface area contributed by atoms with E-state index in [0.717, 1.165) is 31.5 Å². The molecule has 1 aromatic rings. The van der Waals surface area contributed by atoms with Gasteiger partial charge in [-0.25, -0.2) is 0 Å². The summed E-state index contributed by atoms with van der Waals surface area (Å²) in [5, 5.41) is 3.66. The van der Waals surface area contributed by atoms with Crippen LogP contribution in [-0.4, -0.2) is 30.4 Å². The van der Waals surface area contributed by atoms with Gasteiger partial charge in [0.15, 0.2) is 0 Å². The van der Waals surface area contributed by atoms with E-state index < -0.39 is 0 Å². The minimum atomic E-state index is 0.0552. The van der Waals surface area contributed by atoms with Gasteiger partial charge in [0.1, 0.15) is 0 Å². The van der Waals surface area contributed by atoms with Crippen LogP contribution >= 0.6 is 11.6 Å². The van der Waals surface area contributed by atoms with Crippen LogP contribution < -0.4 is 5.32 Å². The monoisotopic (exact) mass is 296 g/mol. The average molecular weight is 297 g/mol. The summed E-state index contributed by atoms with van der Waals surface area (Å²) in [4.78, 5) is 14.8. The van der Waals surface area contributed by atoms with Gasteiger partial charge in [-0.2, -0.15) is 0 Å². The Hall–Kier alpha value is -1.22. The first-order valence-electron chi connectivity index (χ1n) is 7.33. The first-order chi connectivity index (χ1) is 9.54. The molecule has 112 valence electrons. The van der Waals surface area contributed by atoms with E-state index in [1.807, 2.05) is 18.0 Å². The Morgan fingerprint density at radius 1 is 1.40 bits per heavy atom. The number of nitrogens with one attached hydrogen (secondary N) is 1. The minimum absolute atomic E-state index is 0.0552. The van der Waals surface area contributed by atoms with Crippen LogP contribution in [-0.2, 0) is 0 Å². The van der Waals surface area contributed by atoms with Crippen LogP contribution in [0.3, 0.4) is 0 Å². The van der Waals surface area contributed by atoms with Gasteiger partial charge >= 0.3 is 0 Å². The third-order valence-corrected chi connectivity index (χ3v) is 3.85. The highest BCUT2D eigenvalue weighted by Gasteiger charge is 2.22. The fourth-order valence-electron chi connectivity index (χ4n) is 2.14. The fourth-order valence-corrected chi connectivity index (χ4v) is 2.31. The molecule has 0 aliphatic heterocycles. The molecule has 20 heavy (non-hydrogen) atoms. The highest BCUT2D eigenvalue weighted by Crippen LogP contribution is 2.23. The van der Waals surface area contributed by atoms with Gasteiger partial charge in [-0.1, -0.05) is 31.9 Å². The molecule has 1 rings (SSSR count). The first kappa shape index (κ1) is 16.8. The van der Waals surface area contributed by atoms with E-state index in [1.165, 1.54) is 0 Å². The smallest absolute Gasteiger partial charge is 0.256 e. The van der Waals surface area contributed by atoms with E-state index in [2.05, 4.69) is 26.1 Å². The molecular formula is C16H25ClN2O. The number of halogens is 1. The largest absolute Gasteiger partial charge is 0.387 e. The predicted molar refractivity (Wildman–Crippen MR) is 86.7 cm³/mol. The Balaban J connectivity index is 3.07. The van der Waals surface area contributed by atoms with Crippen molar-refractivity contribution >= 4 is 23.2 Å². The molecule has 3 nitrogen and oxygen atoms in total. The zero-order chi connectivity index (χ0) is 15.1. The number of anilines is 1. The van der Waals surface area contributed by atoms with Gasteiger partial charge in [-0.15, -0.1) is 0 Å². The second kappa shape index (κ2) is 8.15. The molecule has 1 atom stereocenters. The molecule has 1 unspecified atom stereocenters. The Bertz CT molecular complexity index is 448. The second-order valence-electron chi connectivity index (χ2n) is 5.05. The minimum Gasteiger partial charge on any atom is -0.387 e. The number of rotatable bonds is 7. The molecule has 0 bridgehead atoms. The van der Waals surface area contributed by atoms with E-state index in [9.17, 15) is 4.79 Å². The lowest BCUT2D eigenvalue weighted by Crippen LogP contribution is -2.39. The van der Waals surface area contributed by atoms with Crippen molar-refractivity contribution in [3.63, 3.8) is 0 Å². The van der Waals surface area contributed by atoms with Crippen molar-refractivity contribution in [1.29, 1.82) is 0 Å². The van der Waals surface area contributed by atoms with Gasteiger partial charge in [0.05, 0.1) is 5.56 Å². The average Bonchev–Trinajstić information content (AvgIpc) is 2.46. The van der Waals surface area contributed by atoms with Crippen molar-refractivity contribution in [1.82, 2.24) is 4.90 Å². The molecule has 0 heterocycles. The summed E-state index contributed by atoms with van der Waals surface area (Å²) in [6.07, 6.45) is 3.05. The van der Waals surface area contributed by atoms with Gasteiger partial charge in [-0.3, -0.25) is 4.79 Å². The van der Waals surface area contributed by atoms with E-state index in [-0.39, 0.29) is 11.9 Å². The van der Waals surface area contributed by atoms with Gasteiger partial charge in [0.25, 0.3) is 5.91 Å². The molecule has 0 aromatic heterocycles. The normalized spacial score (nSPS) is 12.1. The van der Waals surface area contributed by atoms with Crippen LogP contribution in [0.15, 0.2) is 18.2 Å². The Kier molecular flexibility index (Phi) is 6.86. The fraction of sp³-hybridized carbons (Fsp3) is 0.562. The maximum absolute atomic E-state index is 12.8. The molecule has 0 fully saturated rings. The van der Waals surface area contributed by atoms with E-state index in [4.69, 9.17) is 11.6 Å². The number of carbonyl (C=O) groups excluding carboxylic acids is 1. The molecule has 0 aliphatic rings. The zero-order valence-electron chi connectivity index (χ0n) is 12.9. The molecule has 0 radical (unpaired) electrons. The number of carbonyl (C=O) groups is 1. The Labute approximate surface area is 127 Å². The van der Waals surface area contributed by atoms with Crippen molar-refractivity contribution in [2.75, 3.05) is 18.9 Å². The summed E-state index contributed by atoms with van der Waals surface area (Å²) in [6, 6.07) is 5.63. The number of unbranched alkanes of at least 4 members (excludes halogenated alkanes) is 1. The third kappa shape index (κ3) is 4.14. The number of hydrogen-bond acceptors (Lipinski definition) is 2.